The van der Waals surface area contributed by atoms with Crippen molar-refractivity contribution in [1.82, 2.24) is 15.5 Å². The number of amides is 2. The van der Waals surface area contributed by atoms with Gasteiger partial charge in [-0.1, -0.05) is 19.1 Å². The van der Waals surface area contributed by atoms with E-state index in [4.69, 9.17) is 4.74 Å². The Bertz CT molecular complexity index is 490. The van der Waals surface area contributed by atoms with Gasteiger partial charge in [-0.3, -0.25) is 0 Å². The number of rotatable bonds is 7. The van der Waals surface area contributed by atoms with Crippen LogP contribution in [-0.2, 0) is 0 Å². The number of carbonyl (C=O) groups is 1. The fraction of sp³-hybridized carbons (Fsp3) is 0.562. The Morgan fingerprint density at radius 1 is 1.48 bits per heavy atom. The molecular formula is C16H25N3O2. The summed E-state index contributed by atoms with van der Waals surface area (Å²) in [5, 5.41) is 6.20. The maximum Gasteiger partial charge on any atom is 0.317 e. The van der Waals surface area contributed by atoms with Gasteiger partial charge < -0.3 is 20.3 Å². The minimum atomic E-state index is 0.00378. The van der Waals surface area contributed by atoms with Crippen LogP contribution in [0.25, 0.3) is 0 Å². The topological polar surface area (TPSA) is 53.6 Å². The lowest BCUT2D eigenvalue weighted by Crippen LogP contribution is -2.32. The summed E-state index contributed by atoms with van der Waals surface area (Å²) in [4.78, 5) is 13.3. The highest BCUT2D eigenvalue weighted by atomic mass is 16.5. The highest BCUT2D eigenvalue weighted by Crippen LogP contribution is 2.26. The molecule has 0 saturated carbocycles. The maximum absolute atomic E-state index is 11.5. The summed E-state index contributed by atoms with van der Waals surface area (Å²) in [7, 11) is 0. The summed E-state index contributed by atoms with van der Waals surface area (Å²) in [6.45, 7) is 9.83. The van der Waals surface area contributed by atoms with Gasteiger partial charge in [0.2, 0.25) is 0 Å². The van der Waals surface area contributed by atoms with Crippen molar-refractivity contribution in [3.63, 3.8) is 0 Å². The van der Waals surface area contributed by atoms with Crippen LogP contribution in [0, 0.1) is 6.92 Å². The standard InChI is InChI=1S/C16H25N3O2/c1-4-17-13(3)14-6-5-12(2)11-15(14)21-10-9-19-8-7-18-16(19)20/h5-6,11,13,17H,4,7-10H2,1-3H3,(H,18,20). The lowest BCUT2D eigenvalue weighted by atomic mass is 10.0. The average molecular weight is 291 g/mol. The van der Waals surface area contributed by atoms with Crippen molar-refractivity contribution in [1.29, 1.82) is 0 Å². The first-order valence-electron chi connectivity index (χ1n) is 7.61. The van der Waals surface area contributed by atoms with E-state index < -0.39 is 0 Å². The molecule has 116 valence electrons. The van der Waals surface area contributed by atoms with Crippen molar-refractivity contribution >= 4 is 6.03 Å². The Labute approximate surface area is 126 Å². The number of nitrogens with zero attached hydrogens (tertiary/aromatic N) is 1. The van der Waals surface area contributed by atoms with E-state index in [0.717, 1.165) is 30.9 Å². The molecule has 1 aromatic carbocycles. The van der Waals surface area contributed by atoms with Gasteiger partial charge in [-0.2, -0.15) is 0 Å². The molecule has 0 bridgehead atoms. The fourth-order valence-corrected chi connectivity index (χ4v) is 2.53. The number of hydrogen-bond donors (Lipinski definition) is 2. The fourth-order valence-electron chi connectivity index (χ4n) is 2.53. The number of aryl methyl sites for hydroxylation is 1. The third-order valence-corrected chi connectivity index (χ3v) is 3.71. The predicted molar refractivity (Wildman–Crippen MR) is 83.7 cm³/mol. The van der Waals surface area contributed by atoms with Crippen LogP contribution in [0.15, 0.2) is 18.2 Å². The summed E-state index contributed by atoms with van der Waals surface area (Å²) < 4.78 is 5.93. The number of hydrogen-bond acceptors (Lipinski definition) is 3. The highest BCUT2D eigenvalue weighted by molar-refractivity contribution is 5.76. The molecule has 21 heavy (non-hydrogen) atoms. The van der Waals surface area contributed by atoms with Gasteiger partial charge in [0.1, 0.15) is 12.4 Å². The second-order valence-corrected chi connectivity index (χ2v) is 5.39. The van der Waals surface area contributed by atoms with Crippen LogP contribution in [0.1, 0.15) is 31.0 Å². The Hall–Kier alpha value is -1.75. The van der Waals surface area contributed by atoms with E-state index in [-0.39, 0.29) is 12.1 Å². The van der Waals surface area contributed by atoms with Crippen molar-refractivity contribution in [2.45, 2.75) is 26.8 Å². The van der Waals surface area contributed by atoms with Crippen LogP contribution in [0.2, 0.25) is 0 Å². The van der Waals surface area contributed by atoms with Gasteiger partial charge in [-0.05, 0) is 32.0 Å². The summed E-state index contributed by atoms with van der Waals surface area (Å²) in [5.41, 5.74) is 2.34. The second kappa shape index (κ2) is 7.31. The Kier molecular flexibility index (Phi) is 5.44. The first-order chi connectivity index (χ1) is 10.1. The summed E-state index contributed by atoms with van der Waals surface area (Å²) in [6.07, 6.45) is 0. The van der Waals surface area contributed by atoms with E-state index in [1.165, 1.54) is 5.56 Å². The molecule has 0 aromatic heterocycles. The molecule has 0 spiro atoms. The van der Waals surface area contributed by atoms with E-state index in [0.29, 0.717) is 13.2 Å². The molecule has 1 heterocycles. The molecule has 1 aromatic rings. The molecule has 1 saturated heterocycles. The molecule has 2 N–H and O–H groups in total. The minimum absolute atomic E-state index is 0.00378. The normalized spacial score (nSPS) is 16.0. The minimum Gasteiger partial charge on any atom is -0.491 e. The monoisotopic (exact) mass is 291 g/mol. The van der Waals surface area contributed by atoms with E-state index in [1.807, 2.05) is 0 Å². The van der Waals surface area contributed by atoms with Gasteiger partial charge in [0.05, 0.1) is 6.54 Å². The molecule has 1 aliphatic heterocycles. The number of ether oxygens (including phenoxy) is 1. The van der Waals surface area contributed by atoms with Crippen LogP contribution < -0.4 is 15.4 Å². The van der Waals surface area contributed by atoms with Gasteiger partial charge in [-0.25, -0.2) is 4.79 Å². The van der Waals surface area contributed by atoms with Crippen LogP contribution in [0.4, 0.5) is 4.79 Å². The largest absolute Gasteiger partial charge is 0.491 e. The molecule has 5 nitrogen and oxygen atoms in total. The molecule has 2 rings (SSSR count). The van der Waals surface area contributed by atoms with Crippen molar-refractivity contribution in [3.05, 3.63) is 29.3 Å². The maximum atomic E-state index is 11.5. The lowest BCUT2D eigenvalue weighted by Gasteiger charge is -2.20. The third-order valence-electron chi connectivity index (χ3n) is 3.71. The van der Waals surface area contributed by atoms with E-state index >= 15 is 0 Å². The first kappa shape index (κ1) is 15.6. The van der Waals surface area contributed by atoms with Crippen molar-refractivity contribution in [2.75, 3.05) is 32.8 Å². The zero-order valence-electron chi connectivity index (χ0n) is 13.1. The molecule has 2 amide bonds. The lowest BCUT2D eigenvalue weighted by molar-refractivity contribution is 0.202. The molecule has 0 radical (unpaired) electrons. The average Bonchev–Trinajstić information content (AvgIpc) is 2.85. The molecular weight excluding hydrogens is 266 g/mol. The first-order valence-corrected chi connectivity index (χ1v) is 7.61. The SMILES string of the molecule is CCNC(C)c1ccc(C)cc1OCCN1CCNC1=O. The van der Waals surface area contributed by atoms with Crippen molar-refractivity contribution in [2.24, 2.45) is 0 Å². The second-order valence-electron chi connectivity index (χ2n) is 5.39. The Balaban J connectivity index is 1.97. The molecule has 0 aliphatic carbocycles. The van der Waals surface area contributed by atoms with Crippen molar-refractivity contribution < 1.29 is 9.53 Å². The molecule has 1 fully saturated rings. The zero-order valence-corrected chi connectivity index (χ0v) is 13.1. The molecule has 1 atom stereocenters. The quantitative estimate of drug-likeness (QED) is 0.808. The van der Waals surface area contributed by atoms with Crippen LogP contribution in [-0.4, -0.2) is 43.7 Å². The number of urea groups is 1. The third kappa shape index (κ3) is 4.11. The number of benzene rings is 1. The molecule has 5 heteroatoms. The van der Waals surface area contributed by atoms with Crippen LogP contribution >= 0.6 is 0 Å². The summed E-state index contributed by atoms with van der Waals surface area (Å²) in [6, 6.07) is 6.53. The zero-order chi connectivity index (χ0) is 15.2. The smallest absolute Gasteiger partial charge is 0.317 e. The van der Waals surface area contributed by atoms with Crippen LogP contribution in [0.5, 0.6) is 5.75 Å². The van der Waals surface area contributed by atoms with E-state index in [1.54, 1.807) is 4.90 Å². The molecule has 1 aliphatic rings. The Morgan fingerprint density at radius 3 is 2.95 bits per heavy atom. The van der Waals surface area contributed by atoms with Gasteiger partial charge in [0.25, 0.3) is 0 Å². The molecule has 1 unspecified atom stereocenters. The van der Waals surface area contributed by atoms with Crippen molar-refractivity contribution in [3.8, 4) is 5.75 Å². The summed E-state index contributed by atoms with van der Waals surface area (Å²) >= 11 is 0. The van der Waals surface area contributed by atoms with E-state index in [2.05, 4.69) is 49.6 Å². The van der Waals surface area contributed by atoms with Gasteiger partial charge in [0, 0.05) is 24.7 Å². The predicted octanol–water partition coefficient (Wildman–Crippen LogP) is 2.07. The number of nitrogens with one attached hydrogen (secondary N) is 2. The summed E-state index contributed by atoms with van der Waals surface area (Å²) in [5.74, 6) is 0.906. The van der Waals surface area contributed by atoms with E-state index in [9.17, 15) is 4.79 Å². The van der Waals surface area contributed by atoms with Gasteiger partial charge >= 0.3 is 6.03 Å². The number of carbonyl (C=O) groups excluding carboxylic acids is 1. The highest BCUT2D eigenvalue weighted by Gasteiger charge is 2.19. The van der Waals surface area contributed by atoms with Gasteiger partial charge in [-0.15, -0.1) is 0 Å². The van der Waals surface area contributed by atoms with Gasteiger partial charge in [0.15, 0.2) is 0 Å². The van der Waals surface area contributed by atoms with Crippen LogP contribution in [0.3, 0.4) is 0 Å². The Morgan fingerprint density at radius 2 is 2.29 bits per heavy atom.